The van der Waals surface area contributed by atoms with Gasteiger partial charge < -0.3 is 19.5 Å². The van der Waals surface area contributed by atoms with E-state index in [4.69, 9.17) is 9.47 Å². The SMILES string of the molecule is Oc1ccc2c(c1)[C@H](c1ccc(OCCCCCCCCCCCCN3CCCC3)cc1)[C@H](c1ccccc1)CO2. The smallest absolute Gasteiger partial charge is 0.123 e. The van der Waals surface area contributed by atoms with Crippen LogP contribution in [0.1, 0.15) is 106 Å². The summed E-state index contributed by atoms with van der Waals surface area (Å²) in [5, 5.41) is 10.2. The van der Waals surface area contributed by atoms with Crippen LogP contribution in [0.15, 0.2) is 72.8 Å². The molecule has 0 bridgehead atoms. The summed E-state index contributed by atoms with van der Waals surface area (Å²) in [4.78, 5) is 2.64. The van der Waals surface area contributed by atoms with Crippen LogP contribution < -0.4 is 9.47 Å². The molecule has 1 N–H and O–H groups in total. The molecule has 220 valence electrons. The number of likely N-dealkylation sites (tertiary alicyclic amines) is 1. The minimum absolute atomic E-state index is 0.109. The summed E-state index contributed by atoms with van der Waals surface area (Å²) in [6.07, 6.45) is 16.3. The van der Waals surface area contributed by atoms with Crippen LogP contribution in [0.3, 0.4) is 0 Å². The number of unbranched alkanes of at least 4 members (excludes halogenated alkanes) is 9. The van der Waals surface area contributed by atoms with Crippen LogP contribution in [0.5, 0.6) is 17.2 Å². The Morgan fingerprint density at radius 1 is 0.707 bits per heavy atom. The van der Waals surface area contributed by atoms with Gasteiger partial charge in [-0.15, -0.1) is 0 Å². The van der Waals surface area contributed by atoms with Crippen molar-refractivity contribution < 1.29 is 14.6 Å². The van der Waals surface area contributed by atoms with E-state index in [1.807, 2.05) is 18.2 Å². The quantitative estimate of drug-likeness (QED) is 0.179. The molecule has 0 amide bonds. The van der Waals surface area contributed by atoms with Gasteiger partial charge in [-0.05, 0) is 86.8 Å². The summed E-state index contributed by atoms with van der Waals surface area (Å²) in [6, 6.07) is 24.6. The molecular weight excluding hydrogens is 506 g/mol. The molecule has 1 saturated heterocycles. The van der Waals surface area contributed by atoms with Crippen LogP contribution in [-0.2, 0) is 0 Å². The number of ether oxygens (including phenoxy) is 2. The zero-order chi connectivity index (χ0) is 28.1. The van der Waals surface area contributed by atoms with Crippen molar-refractivity contribution in [1.82, 2.24) is 4.90 Å². The molecule has 2 atom stereocenters. The van der Waals surface area contributed by atoms with Gasteiger partial charge in [-0.2, -0.15) is 0 Å². The highest BCUT2D eigenvalue weighted by atomic mass is 16.5. The second-order valence-corrected chi connectivity index (χ2v) is 12.0. The highest BCUT2D eigenvalue weighted by molar-refractivity contribution is 5.51. The van der Waals surface area contributed by atoms with E-state index in [0.29, 0.717) is 6.61 Å². The van der Waals surface area contributed by atoms with Crippen LogP contribution in [0.4, 0.5) is 0 Å². The average Bonchev–Trinajstić information content (AvgIpc) is 3.53. The Bertz CT molecular complexity index is 1160. The van der Waals surface area contributed by atoms with E-state index in [1.54, 1.807) is 6.07 Å². The predicted octanol–water partition coefficient (Wildman–Crippen LogP) is 9.08. The molecule has 3 aromatic carbocycles. The summed E-state index contributed by atoms with van der Waals surface area (Å²) in [5.74, 6) is 2.34. The molecule has 0 unspecified atom stereocenters. The fourth-order valence-corrected chi connectivity index (χ4v) is 6.62. The molecule has 1 fully saturated rings. The zero-order valence-electron chi connectivity index (χ0n) is 24.8. The van der Waals surface area contributed by atoms with Gasteiger partial charge in [0.05, 0.1) is 13.2 Å². The molecule has 0 spiro atoms. The minimum atomic E-state index is 0.109. The molecule has 0 aliphatic carbocycles. The number of benzene rings is 3. The lowest BCUT2D eigenvalue weighted by atomic mass is 9.76. The molecule has 2 aliphatic heterocycles. The van der Waals surface area contributed by atoms with Gasteiger partial charge in [-0.3, -0.25) is 0 Å². The van der Waals surface area contributed by atoms with E-state index in [1.165, 1.54) is 101 Å². The average molecular weight is 556 g/mol. The Morgan fingerprint density at radius 2 is 1.37 bits per heavy atom. The molecule has 3 aromatic rings. The van der Waals surface area contributed by atoms with Crippen molar-refractivity contribution >= 4 is 0 Å². The van der Waals surface area contributed by atoms with E-state index in [9.17, 15) is 5.11 Å². The number of hydrogen-bond acceptors (Lipinski definition) is 4. The van der Waals surface area contributed by atoms with Gasteiger partial charge >= 0.3 is 0 Å². The van der Waals surface area contributed by atoms with Gasteiger partial charge in [0.2, 0.25) is 0 Å². The van der Waals surface area contributed by atoms with Crippen LogP contribution in [-0.4, -0.2) is 42.9 Å². The van der Waals surface area contributed by atoms with E-state index in [2.05, 4.69) is 53.4 Å². The highest BCUT2D eigenvalue weighted by Crippen LogP contribution is 2.47. The normalized spacial score (nSPS) is 18.6. The van der Waals surface area contributed by atoms with E-state index in [-0.39, 0.29) is 17.6 Å². The largest absolute Gasteiger partial charge is 0.508 e. The van der Waals surface area contributed by atoms with Gasteiger partial charge in [0.1, 0.15) is 17.2 Å². The monoisotopic (exact) mass is 555 g/mol. The van der Waals surface area contributed by atoms with Crippen LogP contribution >= 0.6 is 0 Å². The molecular formula is C37H49NO3. The number of phenols is 1. The fourth-order valence-electron chi connectivity index (χ4n) is 6.62. The zero-order valence-corrected chi connectivity index (χ0v) is 24.8. The Balaban J connectivity index is 1.00. The van der Waals surface area contributed by atoms with Gasteiger partial charge in [0, 0.05) is 17.4 Å². The summed E-state index contributed by atoms with van der Waals surface area (Å²) < 4.78 is 12.2. The third-order valence-corrected chi connectivity index (χ3v) is 8.95. The van der Waals surface area contributed by atoms with Crippen molar-refractivity contribution in [2.24, 2.45) is 0 Å². The summed E-state index contributed by atoms with van der Waals surface area (Å²) in [6.45, 7) is 5.40. The van der Waals surface area contributed by atoms with Gasteiger partial charge in [-0.25, -0.2) is 0 Å². The number of nitrogens with zero attached hydrogens (tertiary/aromatic N) is 1. The van der Waals surface area contributed by atoms with Gasteiger partial charge in [0.15, 0.2) is 0 Å². The van der Waals surface area contributed by atoms with Crippen molar-refractivity contribution in [3.63, 3.8) is 0 Å². The maximum absolute atomic E-state index is 10.2. The molecule has 2 heterocycles. The van der Waals surface area contributed by atoms with Crippen molar-refractivity contribution in [3.05, 3.63) is 89.5 Å². The Labute approximate surface area is 247 Å². The number of hydrogen-bond donors (Lipinski definition) is 1. The maximum Gasteiger partial charge on any atom is 0.123 e. The van der Waals surface area contributed by atoms with Crippen molar-refractivity contribution in [2.75, 3.05) is 32.8 Å². The van der Waals surface area contributed by atoms with Crippen LogP contribution in [0.2, 0.25) is 0 Å². The second-order valence-electron chi connectivity index (χ2n) is 12.0. The van der Waals surface area contributed by atoms with E-state index in [0.717, 1.165) is 30.1 Å². The van der Waals surface area contributed by atoms with Crippen molar-refractivity contribution in [1.29, 1.82) is 0 Å². The first kappa shape index (κ1) is 29.5. The van der Waals surface area contributed by atoms with Crippen LogP contribution in [0.25, 0.3) is 0 Å². The molecule has 0 aromatic heterocycles. The Kier molecular flexibility index (Phi) is 11.4. The number of phenolic OH excluding ortho intramolecular Hbond substituents is 1. The third kappa shape index (κ3) is 8.75. The summed E-state index contributed by atoms with van der Waals surface area (Å²) in [7, 11) is 0. The standard InChI is InChI=1S/C37H49NO3/c39-32-20-23-36-34(28-32)37(35(29-41-36)30-16-10-9-11-17-30)31-18-21-33(22-19-31)40-27-15-8-6-4-2-1-3-5-7-12-24-38-25-13-14-26-38/h9-11,16-23,28,35,37,39H,1-8,12-15,24-27,29H2/t35-,37-/m0/s1. The lowest BCUT2D eigenvalue weighted by Gasteiger charge is -2.34. The summed E-state index contributed by atoms with van der Waals surface area (Å²) in [5.41, 5.74) is 3.50. The molecule has 2 aliphatic rings. The first-order valence-electron chi connectivity index (χ1n) is 16.2. The molecule has 4 heteroatoms. The van der Waals surface area contributed by atoms with Gasteiger partial charge in [0.25, 0.3) is 0 Å². The van der Waals surface area contributed by atoms with Crippen LogP contribution in [0, 0.1) is 0 Å². The predicted molar refractivity (Wildman–Crippen MR) is 168 cm³/mol. The lowest BCUT2D eigenvalue weighted by molar-refractivity contribution is 0.248. The summed E-state index contributed by atoms with van der Waals surface area (Å²) >= 11 is 0. The maximum atomic E-state index is 10.2. The molecule has 41 heavy (non-hydrogen) atoms. The fraction of sp³-hybridized carbons (Fsp3) is 0.514. The van der Waals surface area contributed by atoms with E-state index >= 15 is 0 Å². The number of rotatable bonds is 16. The highest BCUT2D eigenvalue weighted by Gasteiger charge is 2.33. The lowest BCUT2D eigenvalue weighted by Crippen LogP contribution is -2.25. The Hall–Kier alpha value is -2.98. The number of aromatic hydroxyl groups is 1. The topological polar surface area (TPSA) is 41.9 Å². The number of fused-ring (bicyclic) bond motifs is 1. The molecule has 0 radical (unpaired) electrons. The second kappa shape index (κ2) is 15.9. The Morgan fingerprint density at radius 3 is 2.07 bits per heavy atom. The molecule has 5 rings (SSSR count). The molecule has 0 saturated carbocycles. The minimum Gasteiger partial charge on any atom is -0.508 e. The first-order valence-corrected chi connectivity index (χ1v) is 16.2. The van der Waals surface area contributed by atoms with Gasteiger partial charge in [-0.1, -0.05) is 93.8 Å². The molecule has 4 nitrogen and oxygen atoms in total. The third-order valence-electron chi connectivity index (χ3n) is 8.95. The van der Waals surface area contributed by atoms with Crippen molar-refractivity contribution in [3.8, 4) is 17.2 Å². The first-order chi connectivity index (χ1) is 20.3. The van der Waals surface area contributed by atoms with Crippen molar-refractivity contribution in [2.45, 2.75) is 88.9 Å². The van der Waals surface area contributed by atoms with E-state index < -0.39 is 0 Å².